The molecule has 0 bridgehead atoms. The molecule has 0 saturated heterocycles. The van der Waals surface area contributed by atoms with Crippen LogP contribution in [0.1, 0.15) is 27.2 Å². The number of imidazole rings is 1. The van der Waals surface area contributed by atoms with E-state index in [1.807, 2.05) is 0 Å². The van der Waals surface area contributed by atoms with Crippen LogP contribution >= 0.6 is 11.8 Å². The SMILES string of the molecule is COc1ccc(C(=O)CSc2ncc(CO)n2Cc2ccccc2C(F)(F)F)cc1. The van der Waals surface area contributed by atoms with Crippen molar-refractivity contribution in [2.45, 2.75) is 24.5 Å². The van der Waals surface area contributed by atoms with E-state index < -0.39 is 11.7 Å². The number of aliphatic hydroxyl groups excluding tert-OH is 1. The first-order chi connectivity index (χ1) is 14.3. The number of aromatic nitrogens is 2. The Bertz CT molecular complexity index is 1020. The summed E-state index contributed by atoms with van der Waals surface area (Å²) in [4.78, 5) is 16.6. The zero-order valence-electron chi connectivity index (χ0n) is 16.0. The number of ether oxygens (including phenoxy) is 1. The molecule has 0 saturated carbocycles. The van der Waals surface area contributed by atoms with Gasteiger partial charge in [-0.2, -0.15) is 13.2 Å². The van der Waals surface area contributed by atoms with E-state index in [2.05, 4.69) is 4.98 Å². The fourth-order valence-electron chi connectivity index (χ4n) is 2.90. The van der Waals surface area contributed by atoms with Crippen LogP contribution in [0.3, 0.4) is 0 Å². The second kappa shape index (κ2) is 9.36. The van der Waals surface area contributed by atoms with Crippen LogP contribution in [0.25, 0.3) is 0 Å². The van der Waals surface area contributed by atoms with Crippen LogP contribution in [-0.4, -0.2) is 33.3 Å². The lowest BCUT2D eigenvalue weighted by Crippen LogP contribution is -2.14. The molecule has 0 radical (unpaired) electrons. The summed E-state index contributed by atoms with van der Waals surface area (Å²) >= 11 is 1.11. The Balaban J connectivity index is 1.80. The molecule has 30 heavy (non-hydrogen) atoms. The Hall–Kier alpha value is -2.78. The average molecular weight is 436 g/mol. The number of Topliss-reactive ketones (excluding diaryl/α,β-unsaturated/α-hetero) is 1. The van der Waals surface area contributed by atoms with Crippen LogP contribution in [0, 0.1) is 0 Å². The molecule has 1 N–H and O–H groups in total. The highest BCUT2D eigenvalue weighted by atomic mass is 32.2. The van der Waals surface area contributed by atoms with Crippen molar-refractivity contribution in [2.75, 3.05) is 12.9 Å². The van der Waals surface area contributed by atoms with Crippen molar-refractivity contribution < 1.29 is 27.8 Å². The smallest absolute Gasteiger partial charge is 0.416 e. The number of aliphatic hydroxyl groups is 1. The molecule has 1 aromatic heterocycles. The van der Waals surface area contributed by atoms with Gasteiger partial charge in [-0.15, -0.1) is 0 Å². The number of methoxy groups -OCH3 is 1. The molecule has 0 atom stereocenters. The minimum atomic E-state index is -4.49. The molecule has 158 valence electrons. The molecule has 0 aliphatic carbocycles. The second-order valence-electron chi connectivity index (χ2n) is 6.37. The zero-order valence-corrected chi connectivity index (χ0v) is 16.8. The highest BCUT2D eigenvalue weighted by molar-refractivity contribution is 7.99. The average Bonchev–Trinajstić information content (AvgIpc) is 3.13. The van der Waals surface area contributed by atoms with Gasteiger partial charge >= 0.3 is 6.18 Å². The molecular weight excluding hydrogens is 417 g/mol. The number of hydrogen-bond donors (Lipinski definition) is 1. The number of carbonyl (C=O) groups is 1. The molecule has 2 aromatic carbocycles. The number of rotatable bonds is 8. The summed E-state index contributed by atoms with van der Waals surface area (Å²) < 4.78 is 46.5. The van der Waals surface area contributed by atoms with Crippen LogP contribution in [0.5, 0.6) is 5.75 Å². The maximum atomic E-state index is 13.3. The molecule has 0 aliphatic rings. The molecule has 1 heterocycles. The third-order valence-electron chi connectivity index (χ3n) is 4.46. The number of alkyl halides is 3. The van der Waals surface area contributed by atoms with Gasteiger partial charge in [0.15, 0.2) is 10.9 Å². The summed E-state index contributed by atoms with van der Waals surface area (Å²) in [7, 11) is 1.53. The Kier molecular flexibility index (Phi) is 6.84. The number of hydrogen-bond acceptors (Lipinski definition) is 5. The van der Waals surface area contributed by atoms with Gasteiger partial charge in [-0.05, 0) is 35.9 Å². The third-order valence-corrected chi connectivity index (χ3v) is 5.45. The minimum Gasteiger partial charge on any atom is -0.497 e. The van der Waals surface area contributed by atoms with Crippen molar-refractivity contribution in [1.29, 1.82) is 0 Å². The van der Waals surface area contributed by atoms with E-state index in [0.717, 1.165) is 17.8 Å². The van der Waals surface area contributed by atoms with Gasteiger partial charge in [0.05, 0.1) is 43.5 Å². The van der Waals surface area contributed by atoms with Gasteiger partial charge in [0, 0.05) is 5.56 Å². The fourth-order valence-corrected chi connectivity index (χ4v) is 3.79. The van der Waals surface area contributed by atoms with Crippen molar-refractivity contribution in [3.8, 4) is 5.75 Å². The van der Waals surface area contributed by atoms with Crippen molar-refractivity contribution in [2.24, 2.45) is 0 Å². The minimum absolute atomic E-state index is 0.0507. The normalized spacial score (nSPS) is 11.5. The van der Waals surface area contributed by atoms with Crippen molar-refractivity contribution in [3.63, 3.8) is 0 Å². The molecule has 0 unspecified atom stereocenters. The van der Waals surface area contributed by atoms with Crippen LogP contribution in [-0.2, 0) is 19.3 Å². The largest absolute Gasteiger partial charge is 0.497 e. The first kappa shape index (κ1) is 21.9. The van der Waals surface area contributed by atoms with E-state index in [0.29, 0.717) is 22.2 Å². The predicted octanol–water partition coefficient (Wildman–Crippen LogP) is 4.43. The van der Waals surface area contributed by atoms with Crippen molar-refractivity contribution in [1.82, 2.24) is 9.55 Å². The number of thioether (sulfide) groups is 1. The van der Waals surface area contributed by atoms with Crippen LogP contribution in [0.15, 0.2) is 59.9 Å². The highest BCUT2D eigenvalue weighted by Crippen LogP contribution is 2.33. The van der Waals surface area contributed by atoms with Gasteiger partial charge in [0.2, 0.25) is 0 Å². The Morgan fingerprint density at radius 2 is 1.87 bits per heavy atom. The molecule has 5 nitrogen and oxygen atoms in total. The molecule has 0 spiro atoms. The first-order valence-corrected chi connectivity index (χ1v) is 9.92. The summed E-state index contributed by atoms with van der Waals surface area (Å²) in [6.07, 6.45) is -3.09. The van der Waals surface area contributed by atoms with E-state index in [4.69, 9.17) is 4.74 Å². The highest BCUT2D eigenvalue weighted by Gasteiger charge is 2.33. The summed E-state index contributed by atoms with van der Waals surface area (Å²) in [5.74, 6) is 0.527. The monoisotopic (exact) mass is 436 g/mol. The lowest BCUT2D eigenvalue weighted by Gasteiger charge is -2.15. The van der Waals surface area contributed by atoms with E-state index in [-0.39, 0.29) is 30.3 Å². The second-order valence-corrected chi connectivity index (χ2v) is 7.31. The maximum Gasteiger partial charge on any atom is 0.416 e. The third kappa shape index (κ3) is 5.03. The van der Waals surface area contributed by atoms with Crippen LogP contribution in [0.4, 0.5) is 13.2 Å². The standard InChI is InChI=1S/C21H19F3N2O3S/c1-29-17-8-6-14(7-9-17)19(28)13-30-20-25-10-16(12-27)26(20)11-15-4-2-3-5-18(15)21(22,23)24/h2-10,27H,11-13H2,1H3. The lowest BCUT2D eigenvalue weighted by molar-refractivity contribution is -0.138. The number of benzene rings is 2. The summed E-state index contributed by atoms with van der Waals surface area (Å²) in [5.41, 5.74) is 0.173. The van der Waals surface area contributed by atoms with Gasteiger partial charge in [-0.25, -0.2) is 4.98 Å². The maximum absolute atomic E-state index is 13.3. The number of halogens is 3. The molecule has 3 aromatic rings. The van der Waals surface area contributed by atoms with Crippen molar-refractivity contribution in [3.05, 3.63) is 77.1 Å². The lowest BCUT2D eigenvalue weighted by atomic mass is 10.1. The quantitative estimate of drug-likeness (QED) is 0.418. The number of carbonyl (C=O) groups excluding carboxylic acids is 1. The summed E-state index contributed by atoms with van der Waals surface area (Å²) in [5, 5.41) is 9.93. The molecule has 0 aliphatic heterocycles. The Labute approximate surface area is 175 Å². The van der Waals surface area contributed by atoms with Gasteiger partial charge in [0.1, 0.15) is 5.75 Å². The molecular formula is C21H19F3N2O3S. The predicted molar refractivity (Wildman–Crippen MR) is 107 cm³/mol. The summed E-state index contributed by atoms with van der Waals surface area (Å²) in [6.45, 7) is -0.501. The van der Waals surface area contributed by atoms with E-state index >= 15 is 0 Å². The fraction of sp³-hybridized carbons (Fsp3) is 0.238. The van der Waals surface area contributed by atoms with Gasteiger partial charge in [0.25, 0.3) is 0 Å². The van der Waals surface area contributed by atoms with E-state index in [9.17, 15) is 23.1 Å². The topological polar surface area (TPSA) is 64.3 Å². The van der Waals surface area contributed by atoms with Crippen molar-refractivity contribution >= 4 is 17.5 Å². The summed E-state index contributed by atoms with van der Waals surface area (Å²) in [6, 6.07) is 11.9. The number of nitrogens with zero attached hydrogens (tertiary/aromatic N) is 2. The van der Waals surface area contributed by atoms with Crippen LogP contribution in [0.2, 0.25) is 0 Å². The Morgan fingerprint density at radius 3 is 2.50 bits per heavy atom. The van der Waals surface area contributed by atoms with E-state index in [1.165, 1.54) is 36.1 Å². The van der Waals surface area contributed by atoms with Crippen LogP contribution < -0.4 is 4.74 Å². The van der Waals surface area contributed by atoms with Gasteiger partial charge < -0.3 is 14.4 Å². The van der Waals surface area contributed by atoms with Gasteiger partial charge in [-0.3, -0.25) is 4.79 Å². The zero-order chi connectivity index (χ0) is 21.7. The molecule has 0 fully saturated rings. The Morgan fingerprint density at radius 1 is 1.17 bits per heavy atom. The van der Waals surface area contributed by atoms with Gasteiger partial charge in [-0.1, -0.05) is 30.0 Å². The van der Waals surface area contributed by atoms with E-state index in [1.54, 1.807) is 24.3 Å². The molecule has 9 heteroatoms. The molecule has 0 amide bonds. The molecule has 3 rings (SSSR count). The first-order valence-electron chi connectivity index (χ1n) is 8.94. The number of ketones is 1.